The monoisotopic (exact) mass is 504 g/mol. The van der Waals surface area contributed by atoms with Crippen LogP contribution in [0.1, 0.15) is 37.2 Å². The predicted octanol–water partition coefficient (Wildman–Crippen LogP) is 2.78. The number of carbonyl (C=O) groups is 4. The zero-order valence-electron chi connectivity index (χ0n) is 18.9. The highest BCUT2D eigenvalue weighted by Crippen LogP contribution is 2.65. The van der Waals surface area contributed by atoms with Crippen molar-refractivity contribution in [1.29, 1.82) is 0 Å². The number of hydrogen-bond acceptors (Lipinski definition) is 4. The standard InChI is InChI=1S/C24H26Cl2N4O4/c1-24(2)15-9-30(23(34)17-7-12-5-13(25)8-16(26)19(12)29-17)20(18(15)24)22(33)28-14(10-31)6-11-3-4-27-21(11)32/h5,7-8,10-11,14-15,18,20,29H,3-4,6,9H2,1-2H3,(H,27,32)(H,28,33)/t11-,14-,15-,18-,20-/m0/s1. The summed E-state index contributed by atoms with van der Waals surface area (Å²) in [5, 5.41) is 7.13. The zero-order valence-corrected chi connectivity index (χ0v) is 20.4. The number of likely N-dealkylation sites (tertiary alicyclic amines) is 1. The summed E-state index contributed by atoms with van der Waals surface area (Å²) < 4.78 is 0. The average molecular weight is 505 g/mol. The number of aromatic amines is 1. The minimum atomic E-state index is -0.784. The first-order valence-electron chi connectivity index (χ1n) is 11.4. The molecule has 180 valence electrons. The molecule has 1 aliphatic carbocycles. The van der Waals surface area contributed by atoms with Gasteiger partial charge in [-0.1, -0.05) is 37.0 Å². The van der Waals surface area contributed by atoms with Gasteiger partial charge in [0.05, 0.1) is 16.6 Å². The SMILES string of the molecule is CC1(C)[C@@H]2[C@@H](C(=O)N[C@H](C=O)C[C@@H]3CCNC3=O)N(C(=O)c3cc4cc(Cl)cc(Cl)c4[nH]3)C[C@@H]21. The highest BCUT2D eigenvalue weighted by molar-refractivity contribution is 6.38. The van der Waals surface area contributed by atoms with E-state index in [1.165, 1.54) is 0 Å². The third-order valence-electron chi connectivity index (χ3n) is 7.81. The molecule has 10 heteroatoms. The van der Waals surface area contributed by atoms with E-state index in [9.17, 15) is 19.2 Å². The number of aldehydes is 1. The number of benzene rings is 1. The Balaban J connectivity index is 1.37. The number of aromatic nitrogens is 1. The van der Waals surface area contributed by atoms with Crippen molar-refractivity contribution in [3.63, 3.8) is 0 Å². The summed E-state index contributed by atoms with van der Waals surface area (Å²) in [5.41, 5.74) is 0.861. The number of piperidine rings is 1. The van der Waals surface area contributed by atoms with Crippen molar-refractivity contribution in [3.05, 3.63) is 33.9 Å². The van der Waals surface area contributed by atoms with E-state index < -0.39 is 12.1 Å². The lowest BCUT2D eigenvalue weighted by Gasteiger charge is -2.30. The van der Waals surface area contributed by atoms with E-state index in [-0.39, 0.29) is 47.3 Å². The Morgan fingerprint density at radius 1 is 1.29 bits per heavy atom. The first kappa shape index (κ1) is 23.2. The van der Waals surface area contributed by atoms with Gasteiger partial charge in [-0.15, -0.1) is 0 Å². The number of hydrogen-bond donors (Lipinski definition) is 3. The molecule has 0 spiro atoms. The molecule has 5 atom stereocenters. The van der Waals surface area contributed by atoms with E-state index in [0.29, 0.717) is 52.4 Å². The number of amides is 3. The Morgan fingerprint density at radius 3 is 2.74 bits per heavy atom. The number of carbonyl (C=O) groups excluding carboxylic acids is 4. The van der Waals surface area contributed by atoms with Crippen LogP contribution in [0.3, 0.4) is 0 Å². The first-order valence-corrected chi connectivity index (χ1v) is 12.2. The van der Waals surface area contributed by atoms with Gasteiger partial charge < -0.3 is 25.3 Å². The smallest absolute Gasteiger partial charge is 0.271 e. The molecular formula is C24H26Cl2N4O4. The van der Waals surface area contributed by atoms with Crippen molar-refractivity contribution >= 4 is 58.1 Å². The van der Waals surface area contributed by atoms with E-state index in [2.05, 4.69) is 29.5 Å². The van der Waals surface area contributed by atoms with E-state index in [1.54, 1.807) is 23.1 Å². The van der Waals surface area contributed by atoms with Gasteiger partial charge in [-0.25, -0.2) is 0 Å². The van der Waals surface area contributed by atoms with E-state index in [4.69, 9.17) is 23.2 Å². The number of nitrogens with one attached hydrogen (secondary N) is 3. The zero-order chi connectivity index (χ0) is 24.4. The molecule has 34 heavy (non-hydrogen) atoms. The molecule has 3 amide bonds. The molecule has 1 aromatic heterocycles. The molecule has 2 saturated heterocycles. The van der Waals surface area contributed by atoms with Gasteiger partial charge in [0, 0.05) is 29.4 Å². The second-order valence-electron chi connectivity index (χ2n) is 10.2. The van der Waals surface area contributed by atoms with Crippen molar-refractivity contribution in [2.45, 2.75) is 38.8 Å². The van der Waals surface area contributed by atoms with Gasteiger partial charge in [0.2, 0.25) is 11.8 Å². The predicted molar refractivity (Wildman–Crippen MR) is 128 cm³/mol. The summed E-state index contributed by atoms with van der Waals surface area (Å²) in [6.07, 6.45) is 1.56. The minimum Gasteiger partial charge on any atom is -0.356 e. The van der Waals surface area contributed by atoms with E-state index in [1.807, 2.05) is 0 Å². The number of H-pyrrole nitrogens is 1. The van der Waals surface area contributed by atoms with Gasteiger partial charge in [0.25, 0.3) is 5.91 Å². The van der Waals surface area contributed by atoms with Gasteiger partial charge in [0.1, 0.15) is 18.0 Å². The lowest BCUT2D eigenvalue weighted by atomic mass is 9.97. The molecule has 1 saturated carbocycles. The Labute approximate surface area is 206 Å². The van der Waals surface area contributed by atoms with Crippen LogP contribution in [0.4, 0.5) is 0 Å². The number of nitrogens with zero attached hydrogens (tertiary/aromatic N) is 1. The summed E-state index contributed by atoms with van der Waals surface area (Å²) in [4.78, 5) is 55.2. The van der Waals surface area contributed by atoms with Crippen molar-refractivity contribution in [3.8, 4) is 0 Å². The van der Waals surface area contributed by atoms with Crippen molar-refractivity contribution in [1.82, 2.24) is 20.5 Å². The molecule has 0 unspecified atom stereocenters. The highest BCUT2D eigenvalue weighted by Gasteiger charge is 2.69. The van der Waals surface area contributed by atoms with Crippen LogP contribution >= 0.6 is 23.2 Å². The quantitative estimate of drug-likeness (QED) is 0.525. The van der Waals surface area contributed by atoms with Crippen LogP contribution < -0.4 is 10.6 Å². The fourth-order valence-corrected chi connectivity index (χ4v) is 6.38. The normalized spacial score (nSPS) is 27.9. The van der Waals surface area contributed by atoms with Crippen LogP contribution in [-0.2, 0) is 14.4 Å². The summed E-state index contributed by atoms with van der Waals surface area (Å²) in [5.74, 6) is -0.862. The van der Waals surface area contributed by atoms with Crippen LogP contribution in [0.25, 0.3) is 10.9 Å². The fourth-order valence-electron chi connectivity index (χ4n) is 5.82. The Morgan fingerprint density at radius 2 is 2.06 bits per heavy atom. The van der Waals surface area contributed by atoms with Gasteiger partial charge in [-0.05, 0) is 48.3 Å². The van der Waals surface area contributed by atoms with Crippen molar-refractivity contribution in [2.24, 2.45) is 23.2 Å². The molecule has 0 bridgehead atoms. The second kappa shape index (κ2) is 8.27. The fraction of sp³-hybridized carbons (Fsp3) is 0.500. The van der Waals surface area contributed by atoms with Gasteiger partial charge in [-0.2, -0.15) is 0 Å². The Bertz CT molecular complexity index is 1210. The average Bonchev–Trinajstić information content (AvgIpc) is 3.28. The van der Waals surface area contributed by atoms with Gasteiger partial charge in [-0.3, -0.25) is 14.4 Å². The third kappa shape index (κ3) is 3.77. The third-order valence-corrected chi connectivity index (χ3v) is 8.32. The van der Waals surface area contributed by atoms with Crippen molar-refractivity contribution < 1.29 is 19.2 Å². The molecular weight excluding hydrogens is 479 g/mol. The Hall–Kier alpha value is -2.58. The van der Waals surface area contributed by atoms with Gasteiger partial charge >= 0.3 is 0 Å². The summed E-state index contributed by atoms with van der Waals surface area (Å²) >= 11 is 12.4. The molecule has 5 rings (SSSR count). The highest BCUT2D eigenvalue weighted by atomic mass is 35.5. The summed E-state index contributed by atoms with van der Waals surface area (Å²) in [7, 11) is 0. The van der Waals surface area contributed by atoms with Crippen LogP contribution in [0, 0.1) is 23.2 Å². The van der Waals surface area contributed by atoms with Crippen LogP contribution in [0.2, 0.25) is 10.0 Å². The first-order chi connectivity index (χ1) is 16.1. The largest absolute Gasteiger partial charge is 0.356 e. The van der Waals surface area contributed by atoms with Crippen LogP contribution in [-0.4, -0.2) is 59.1 Å². The molecule has 8 nitrogen and oxygen atoms in total. The van der Waals surface area contributed by atoms with E-state index >= 15 is 0 Å². The lowest BCUT2D eigenvalue weighted by Crippen LogP contribution is -2.52. The van der Waals surface area contributed by atoms with Crippen LogP contribution in [0.5, 0.6) is 0 Å². The molecule has 3 fully saturated rings. The molecule has 3 aliphatic rings. The molecule has 2 aromatic rings. The molecule has 3 N–H and O–H groups in total. The topological polar surface area (TPSA) is 111 Å². The molecule has 2 aliphatic heterocycles. The maximum Gasteiger partial charge on any atom is 0.271 e. The number of rotatable bonds is 6. The maximum absolute atomic E-state index is 13.5. The maximum atomic E-state index is 13.5. The molecule has 1 aromatic carbocycles. The molecule has 0 radical (unpaired) electrons. The summed E-state index contributed by atoms with van der Waals surface area (Å²) in [6.45, 7) is 5.21. The van der Waals surface area contributed by atoms with Crippen molar-refractivity contribution in [2.75, 3.05) is 13.1 Å². The minimum absolute atomic E-state index is 0.000872. The second-order valence-corrected chi connectivity index (χ2v) is 11.0. The molecule has 3 heterocycles. The number of fused-ring (bicyclic) bond motifs is 2. The Kier molecular flexibility index (Phi) is 5.64. The van der Waals surface area contributed by atoms with Crippen LogP contribution in [0.15, 0.2) is 18.2 Å². The lowest BCUT2D eigenvalue weighted by molar-refractivity contribution is -0.129. The number of halogens is 2. The van der Waals surface area contributed by atoms with E-state index in [0.717, 1.165) is 0 Å². The summed E-state index contributed by atoms with van der Waals surface area (Å²) in [6, 6.07) is 3.53. The van der Waals surface area contributed by atoms with Gasteiger partial charge in [0.15, 0.2) is 0 Å².